The molecule has 11 heteroatoms. The zero-order chi connectivity index (χ0) is 14.1. The van der Waals surface area contributed by atoms with Crippen molar-refractivity contribution in [3.8, 4) is 0 Å². The molecule has 0 heterocycles. The summed E-state index contributed by atoms with van der Waals surface area (Å²) in [6, 6.07) is 0. The average molecular weight is 296 g/mol. The van der Waals surface area contributed by atoms with E-state index in [1.165, 1.54) is 0 Å². The molecule has 96 valence electrons. The number of aliphatic carboxylic acids is 2. The van der Waals surface area contributed by atoms with E-state index in [2.05, 4.69) is 4.79 Å². The first-order valence-corrected chi connectivity index (χ1v) is 5.70. The van der Waals surface area contributed by atoms with Gasteiger partial charge in [-0.25, -0.2) is 4.79 Å². The van der Waals surface area contributed by atoms with Gasteiger partial charge in [0.15, 0.2) is 0 Å². The van der Waals surface area contributed by atoms with Gasteiger partial charge in [0.25, 0.3) is 15.8 Å². The molecule has 0 bridgehead atoms. The Balaban J connectivity index is 0.00000324. The molecule has 2 N–H and O–H groups in total. The van der Waals surface area contributed by atoms with Crippen LogP contribution in [0.3, 0.4) is 0 Å². The largest absolute Gasteiger partial charge is 1.00 e. The molecule has 1 rings (SSSR count). The Labute approximate surface area is 128 Å². The third-order valence-corrected chi connectivity index (χ3v) is 3.03. The van der Waals surface area contributed by atoms with Gasteiger partial charge in [-0.05, 0) is 0 Å². The van der Waals surface area contributed by atoms with Crippen molar-refractivity contribution in [2.45, 2.75) is 6.42 Å². The molecule has 0 amide bonds. The van der Waals surface area contributed by atoms with Crippen LogP contribution in [0.1, 0.15) is 6.42 Å². The van der Waals surface area contributed by atoms with Gasteiger partial charge in [0.2, 0.25) is 0 Å². The zero-order valence-electron chi connectivity index (χ0n) is 9.52. The summed E-state index contributed by atoms with van der Waals surface area (Å²) in [5.41, 5.74) is 6.08. The van der Waals surface area contributed by atoms with Crippen LogP contribution < -0.4 is 34.7 Å². The number of rotatable bonds is 3. The molecule has 0 aromatic carbocycles. The minimum Gasteiger partial charge on any atom is -0.545 e. The standard InChI is InChI=1S/C8H6N2O7S.Na/c9-10-3-1-4(7(11)12)6(18(15,16)17)5(2-3)8(13)14;/h1H,2H2,(H,11,12)(H,13,14)(H,15,16,17);/q;+1/p-1. The first-order chi connectivity index (χ1) is 8.18. The van der Waals surface area contributed by atoms with Gasteiger partial charge in [-0.3, -0.25) is 4.55 Å². The third kappa shape index (κ3) is 3.83. The van der Waals surface area contributed by atoms with Gasteiger partial charge < -0.3 is 20.5 Å². The quantitative estimate of drug-likeness (QED) is 0.227. The predicted octanol–water partition coefficient (Wildman–Crippen LogP) is -5.03. The minimum atomic E-state index is -5.07. The molecule has 0 atom stereocenters. The second kappa shape index (κ2) is 6.24. The van der Waals surface area contributed by atoms with Crippen LogP contribution in [0.5, 0.6) is 0 Å². The van der Waals surface area contributed by atoms with Crippen LogP contribution in [0.25, 0.3) is 5.53 Å². The SMILES string of the molecule is [N-]=[N+]=C1C=C(C(=O)O)C(S(=O)(=O)O)=C(C(=O)[O-])C1.[Na+]. The first kappa shape index (κ1) is 17.7. The van der Waals surface area contributed by atoms with Gasteiger partial charge in [-0.2, -0.15) is 13.2 Å². The normalized spacial score (nSPS) is 15.2. The summed E-state index contributed by atoms with van der Waals surface area (Å²) >= 11 is 0. The number of allylic oxidation sites excluding steroid dienone is 1. The fraction of sp³-hybridized carbons (Fsp3) is 0.125. The van der Waals surface area contributed by atoms with Crippen LogP contribution in [0, 0.1) is 0 Å². The van der Waals surface area contributed by atoms with E-state index in [0.29, 0.717) is 6.08 Å². The first-order valence-electron chi connectivity index (χ1n) is 4.26. The number of hydrogen-bond donors (Lipinski definition) is 2. The Morgan fingerprint density at radius 1 is 1.42 bits per heavy atom. The second-order valence-electron chi connectivity index (χ2n) is 3.20. The van der Waals surface area contributed by atoms with Crippen LogP contribution in [0.15, 0.2) is 22.1 Å². The molecule has 0 saturated carbocycles. The van der Waals surface area contributed by atoms with Gasteiger partial charge in [-0.1, -0.05) is 0 Å². The molecule has 0 radical (unpaired) electrons. The molecule has 0 aromatic rings. The van der Waals surface area contributed by atoms with E-state index in [-0.39, 0.29) is 35.3 Å². The fourth-order valence-electron chi connectivity index (χ4n) is 1.39. The van der Waals surface area contributed by atoms with E-state index in [1.807, 2.05) is 0 Å². The number of carbonyl (C=O) groups excluding carboxylic acids is 1. The summed E-state index contributed by atoms with van der Waals surface area (Å²) in [4.78, 5) is 22.9. The molecule has 19 heavy (non-hydrogen) atoms. The van der Waals surface area contributed by atoms with E-state index in [1.54, 1.807) is 0 Å². The van der Waals surface area contributed by atoms with Crippen molar-refractivity contribution in [3.63, 3.8) is 0 Å². The summed E-state index contributed by atoms with van der Waals surface area (Å²) in [5.74, 6) is -3.79. The van der Waals surface area contributed by atoms with Crippen molar-refractivity contribution in [2.24, 2.45) is 0 Å². The number of hydrogen-bond acceptors (Lipinski definition) is 5. The van der Waals surface area contributed by atoms with Crippen LogP contribution in [-0.4, -0.2) is 40.5 Å². The van der Waals surface area contributed by atoms with Gasteiger partial charge in [0, 0.05) is 11.6 Å². The number of carboxylic acids is 2. The predicted molar refractivity (Wildman–Crippen MR) is 52.5 cm³/mol. The van der Waals surface area contributed by atoms with Crippen molar-refractivity contribution in [3.05, 3.63) is 27.7 Å². The van der Waals surface area contributed by atoms with Crippen molar-refractivity contribution >= 4 is 27.8 Å². The summed E-state index contributed by atoms with van der Waals surface area (Å²) in [5, 5.41) is 19.5. The van der Waals surface area contributed by atoms with Gasteiger partial charge in [0.1, 0.15) is 4.91 Å². The van der Waals surface area contributed by atoms with Crippen LogP contribution in [0.4, 0.5) is 0 Å². The molecule has 0 aliphatic heterocycles. The number of nitrogens with zero attached hydrogens (tertiary/aromatic N) is 2. The van der Waals surface area contributed by atoms with Gasteiger partial charge >= 0.3 is 35.5 Å². The Hall–Kier alpha value is -1.29. The molecule has 0 unspecified atom stereocenters. The summed E-state index contributed by atoms with van der Waals surface area (Å²) in [6.45, 7) is 0. The van der Waals surface area contributed by atoms with Crippen molar-refractivity contribution in [1.29, 1.82) is 0 Å². The maximum atomic E-state index is 11.0. The maximum absolute atomic E-state index is 11.0. The van der Waals surface area contributed by atoms with Crippen molar-refractivity contribution < 1.29 is 67.1 Å². The number of carbonyl (C=O) groups is 2. The topological polar surface area (TPSA) is 168 Å². The smallest absolute Gasteiger partial charge is 0.545 e. The Morgan fingerprint density at radius 3 is 2.26 bits per heavy atom. The van der Waals surface area contributed by atoms with E-state index >= 15 is 0 Å². The van der Waals surface area contributed by atoms with Crippen LogP contribution in [0.2, 0.25) is 0 Å². The molecule has 1 aliphatic carbocycles. The molecule has 0 saturated heterocycles. The van der Waals surface area contributed by atoms with E-state index in [4.69, 9.17) is 15.2 Å². The Bertz CT molecular complexity index is 655. The van der Waals surface area contributed by atoms with Crippen LogP contribution in [-0.2, 0) is 19.7 Å². The third-order valence-electron chi connectivity index (χ3n) is 2.05. The van der Waals surface area contributed by atoms with Crippen molar-refractivity contribution in [2.75, 3.05) is 0 Å². The number of carboxylic acid groups (broad SMARTS) is 2. The summed E-state index contributed by atoms with van der Waals surface area (Å²) in [6.07, 6.45) is -0.0530. The Morgan fingerprint density at radius 2 is 1.95 bits per heavy atom. The molecule has 1 aliphatic rings. The van der Waals surface area contributed by atoms with E-state index < -0.39 is 44.5 Å². The molecular weight excluding hydrogens is 291 g/mol. The summed E-state index contributed by atoms with van der Waals surface area (Å²) < 4.78 is 30.9. The van der Waals surface area contributed by atoms with E-state index in [9.17, 15) is 23.1 Å². The monoisotopic (exact) mass is 296 g/mol. The maximum Gasteiger partial charge on any atom is 1.00 e. The van der Waals surface area contributed by atoms with Crippen LogP contribution >= 0.6 is 0 Å². The molecule has 0 spiro atoms. The molecule has 9 nitrogen and oxygen atoms in total. The van der Waals surface area contributed by atoms with Crippen molar-refractivity contribution in [1.82, 2.24) is 0 Å². The van der Waals surface area contributed by atoms with Gasteiger partial charge in [-0.15, -0.1) is 0 Å². The molecule has 0 aromatic heterocycles. The second-order valence-corrected chi connectivity index (χ2v) is 4.56. The fourth-order valence-corrected chi connectivity index (χ4v) is 2.28. The zero-order valence-corrected chi connectivity index (χ0v) is 12.3. The van der Waals surface area contributed by atoms with Gasteiger partial charge in [0.05, 0.1) is 18.0 Å². The molecule has 0 fully saturated rings. The minimum absolute atomic E-state index is 0. The molecular formula is C8H5N2NaO7S. The average Bonchev–Trinajstić information content (AvgIpc) is 2.25. The summed E-state index contributed by atoms with van der Waals surface area (Å²) in [7, 11) is -5.07. The van der Waals surface area contributed by atoms with E-state index in [0.717, 1.165) is 0 Å². The Kier molecular flexibility index (Phi) is 5.82.